The van der Waals surface area contributed by atoms with Crippen LogP contribution >= 0.6 is 0 Å². The normalized spacial score (nSPS) is 11.1. The van der Waals surface area contributed by atoms with Gasteiger partial charge in [-0.3, -0.25) is 0 Å². The summed E-state index contributed by atoms with van der Waals surface area (Å²) in [5.74, 6) is 0. The highest BCUT2D eigenvalue weighted by Crippen LogP contribution is 1.86. The van der Waals surface area contributed by atoms with Gasteiger partial charge in [-0.05, 0) is 12.5 Å². The molecule has 0 saturated carbocycles. The van der Waals surface area contributed by atoms with E-state index in [9.17, 15) is 0 Å². The molecule has 1 aromatic rings. The second kappa shape index (κ2) is 3.96. The van der Waals surface area contributed by atoms with Crippen molar-refractivity contribution in [1.82, 2.24) is 4.57 Å². The summed E-state index contributed by atoms with van der Waals surface area (Å²) in [4.78, 5) is 0. The van der Waals surface area contributed by atoms with Crippen LogP contribution in [0, 0.1) is 0 Å². The van der Waals surface area contributed by atoms with Crippen LogP contribution < -0.4 is 4.57 Å². The number of allylic oxidation sites excluding steroid dienone is 2. The number of rotatable bonds is 3. The molecule has 0 unspecified atom stereocenters. The van der Waals surface area contributed by atoms with Crippen molar-refractivity contribution in [2.24, 2.45) is 7.05 Å². The van der Waals surface area contributed by atoms with Crippen molar-refractivity contribution in [3.63, 3.8) is 0 Å². The lowest BCUT2D eigenvalue weighted by atomic mass is 10.4. The van der Waals surface area contributed by atoms with Gasteiger partial charge in [-0.15, -0.1) is 0 Å². The Morgan fingerprint density at radius 2 is 2.27 bits per heavy atom. The third-order valence-corrected chi connectivity index (χ3v) is 1.54. The quantitative estimate of drug-likeness (QED) is 0.454. The van der Waals surface area contributed by atoms with Crippen LogP contribution in [0.1, 0.15) is 13.3 Å². The Bertz CT molecular complexity index is 235. The van der Waals surface area contributed by atoms with Gasteiger partial charge in [0.25, 0.3) is 0 Å². The zero-order valence-corrected chi connectivity index (χ0v) is 7.20. The molecule has 0 atom stereocenters. The molecule has 0 bridgehead atoms. The van der Waals surface area contributed by atoms with Crippen LogP contribution in [-0.4, -0.2) is 4.57 Å². The van der Waals surface area contributed by atoms with Crippen LogP contribution in [0.5, 0.6) is 0 Å². The van der Waals surface area contributed by atoms with Gasteiger partial charge in [0, 0.05) is 0 Å². The van der Waals surface area contributed by atoms with Crippen molar-refractivity contribution in [3.05, 3.63) is 30.9 Å². The van der Waals surface area contributed by atoms with E-state index in [2.05, 4.69) is 36.2 Å². The molecule has 0 fully saturated rings. The van der Waals surface area contributed by atoms with Crippen molar-refractivity contribution >= 4 is 0 Å². The molecule has 1 rings (SSSR count). The van der Waals surface area contributed by atoms with Crippen molar-refractivity contribution in [2.45, 2.75) is 19.9 Å². The lowest BCUT2D eigenvalue weighted by Crippen LogP contribution is -2.23. The maximum absolute atomic E-state index is 2.18. The van der Waals surface area contributed by atoms with E-state index in [1.807, 2.05) is 17.8 Å². The molecule has 1 heterocycles. The van der Waals surface area contributed by atoms with Gasteiger partial charge < -0.3 is 0 Å². The van der Waals surface area contributed by atoms with Gasteiger partial charge in [0.15, 0.2) is 0 Å². The van der Waals surface area contributed by atoms with Gasteiger partial charge >= 0.3 is 0 Å². The number of aryl methyl sites for hydroxylation is 1. The molecular weight excluding hydrogens is 136 g/mol. The highest BCUT2D eigenvalue weighted by Gasteiger charge is 1.94. The third-order valence-electron chi connectivity index (χ3n) is 1.54. The first-order chi connectivity index (χ1) is 5.33. The first kappa shape index (κ1) is 8.05. The van der Waals surface area contributed by atoms with Gasteiger partial charge in [0.2, 0.25) is 6.33 Å². The van der Waals surface area contributed by atoms with Gasteiger partial charge in [0.1, 0.15) is 18.9 Å². The van der Waals surface area contributed by atoms with Crippen molar-refractivity contribution in [2.75, 3.05) is 0 Å². The van der Waals surface area contributed by atoms with E-state index in [1.54, 1.807) is 0 Å². The van der Waals surface area contributed by atoms with E-state index in [-0.39, 0.29) is 0 Å². The fourth-order valence-electron chi connectivity index (χ4n) is 0.973. The fraction of sp³-hybridized carbons (Fsp3) is 0.444. The molecule has 0 aromatic carbocycles. The molecule has 0 aliphatic rings. The van der Waals surface area contributed by atoms with Crippen LogP contribution in [0.2, 0.25) is 0 Å². The number of hydrogen-bond acceptors (Lipinski definition) is 0. The lowest BCUT2D eigenvalue weighted by molar-refractivity contribution is -0.671. The standard InChI is InChI=1S/C9H15N2/c1-3-4-5-6-11-8-7-10(2)9-11/h4-5,7-9H,3,6H2,1-2H3/q+1/b5-4+. The summed E-state index contributed by atoms with van der Waals surface area (Å²) >= 11 is 0. The third kappa shape index (κ3) is 2.58. The van der Waals surface area contributed by atoms with Gasteiger partial charge in [-0.1, -0.05) is 13.0 Å². The molecule has 0 spiro atoms. The first-order valence-corrected chi connectivity index (χ1v) is 3.99. The average molecular weight is 151 g/mol. The summed E-state index contributed by atoms with van der Waals surface area (Å²) in [7, 11) is 2.03. The topological polar surface area (TPSA) is 8.81 Å². The Balaban J connectivity index is 2.45. The number of nitrogens with zero attached hydrogens (tertiary/aromatic N) is 2. The maximum Gasteiger partial charge on any atom is 0.243 e. The molecule has 60 valence electrons. The van der Waals surface area contributed by atoms with E-state index in [0.717, 1.165) is 13.0 Å². The molecule has 0 radical (unpaired) electrons. The second-order valence-electron chi connectivity index (χ2n) is 2.66. The van der Waals surface area contributed by atoms with Gasteiger partial charge in [-0.2, -0.15) is 0 Å². The van der Waals surface area contributed by atoms with Crippen molar-refractivity contribution in [3.8, 4) is 0 Å². The summed E-state index contributed by atoms with van der Waals surface area (Å²) in [5.41, 5.74) is 0. The molecule has 11 heavy (non-hydrogen) atoms. The minimum atomic E-state index is 0.981. The maximum atomic E-state index is 2.18. The molecule has 0 amide bonds. The Morgan fingerprint density at radius 3 is 2.82 bits per heavy atom. The van der Waals surface area contributed by atoms with E-state index in [1.165, 1.54) is 0 Å². The largest absolute Gasteiger partial charge is 0.243 e. The lowest BCUT2D eigenvalue weighted by Gasteiger charge is -1.85. The monoisotopic (exact) mass is 151 g/mol. The molecule has 0 aliphatic heterocycles. The summed E-state index contributed by atoms with van der Waals surface area (Å²) in [5, 5.41) is 0. The zero-order chi connectivity index (χ0) is 8.10. The minimum absolute atomic E-state index is 0.981. The van der Waals surface area contributed by atoms with Gasteiger partial charge in [-0.25, -0.2) is 9.13 Å². The zero-order valence-electron chi connectivity index (χ0n) is 7.20. The Kier molecular flexibility index (Phi) is 2.90. The Labute approximate surface area is 67.8 Å². The molecular formula is C9H15N2+. The highest BCUT2D eigenvalue weighted by atomic mass is 15.1. The number of aromatic nitrogens is 2. The summed E-state index contributed by atoms with van der Waals surface area (Å²) < 4.78 is 4.19. The van der Waals surface area contributed by atoms with Crippen LogP contribution in [-0.2, 0) is 13.6 Å². The van der Waals surface area contributed by atoms with E-state index in [4.69, 9.17) is 0 Å². The molecule has 0 N–H and O–H groups in total. The highest BCUT2D eigenvalue weighted by molar-refractivity contribution is 4.82. The Morgan fingerprint density at radius 1 is 1.45 bits per heavy atom. The minimum Gasteiger partial charge on any atom is -0.240 e. The van der Waals surface area contributed by atoms with Crippen molar-refractivity contribution in [1.29, 1.82) is 0 Å². The first-order valence-electron chi connectivity index (χ1n) is 3.99. The molecule has 2 nitrogen and oxygen atoms in total. The van der Waals surface area contributed by atoms with Crippen LogP contribution in [0.3, 0.4) is 0 Å². The molecule has 0 aliphatic carbocycles. The van der Waals surface area contributed by atoms with Crippen LogP contribution in [0.4, 0.5) is 0 Å². The SMILES string of the molecule is CC/C=C/Cn1cc[n+](C)c1. The second-order valence-corrected chi connectivity index (χ2v) is 2.66. The van der Waals surface area contributed by atoms with E-state index < -0.39 is 0 Å². The smallest absolute Gasteiger partial charge is 0.240 e. The Hall–Kier alpha value is -1.05. The van der Waals surface area contributed by atoms with Crippen molar-refractivity contribution < 1.29 is 4.57 Å². The molecule has 1 aromatic heterocycles. The van der Waals surface area contributed by atoms with Crippen LogP contribution in [0.25, 0.3) is 0 Å². The predicted molar refractivity (Wildman–Crippen MR) is 45.0 cm³/mol. The van der Waals surface area contributed by atoms with Gasteiger partial charge in [0.05, 0.1) is 7.05 Å². The predicted octanol–water partition coefficient (Wildman–Crippen LogP) is 1.28. The summed E-state index contributed by atoms with van der Waals surface area (Å²) in [6.07, 6.45) is 11.7. The number of imidazole rings is 1. The fourth-order valence-corrected chi connectivity index (χ4v) is 0.973. The van der Waals surface area contributed by atoms with Crippen LogP contribution in [0.15, 0.2) is 30.9 Å². The molecule has 0 saturated heterocycles. The van der Waals surface area contributed by atoms with E-state index >= 15 is 0 Å². The number of hydrogen-bond donors (Lipinski definition) is 0. The van der Waals surface area contributed by atoms with E-state index in [0.29, 0.717) is 0 Å². The molecule has 2 heteroatoms. The average Bonchev–Trinajstić information content (AvgIpc) is 2.37. The summed E-state index contributed by atoms with van der Waals surface area (Å²) in [6, 6.07) is 0. The summed E-state index contributed by atoms with van der Waals surface area (Å²) in [6.45, 7) is 3.13.